The Labute approximate surface area is 122 Å². The Hall–Kier alpha value is -0.550. The summed E-state index contributed by atoms with van der Waals surface area (Å²) in [6.07, 6.45) is -1.47. The molecule has 1 aromatic carbocycles. The summed E-state index contributed by atoms with van der Waals surface area (Å²) in [5.74, 6) is 0. The fourth-order valence-electron chi connectivity index (χ4n) is 2.19. The lowest BCUT2D eigenvalue weighted by molar-refractivity contribution is -0.137. The Morgan fingerprint density at radius 2 is 2.00 bits per heavy atom. The zero-order valence-corrected chi connectivity index (χ0v) is 12.9. The van der Waals surface area contributed by atoms with Crippen LogP contribution >= 0.6 is 27.3 Å². The van der Waals surface area contributed by atoms with Gasteiger partial charge in [0.25, 0.3) is 0 Å². The minimum atomic E-state index is -4.26. The molecular formula is C14H14BrF3S. The van der Waals surface area contributed by atoms with Gasteiger partial charge in [-0.1, -0.05) is 28.9 Å². The van der Waals surface area contributed by atoms with Crippen molar-refractivity contribution in [3.63, 3.8) is 0 Å². The summed E-state index contributed by atoms with van der Waals surface area (Å²) in [6, 6.07) is 4.07. The molecule has 0 nitrogen and oxygen atoms in total. The first kappa shape index (κ1) is 14.9. The Balaban J connectivity index is 2.49. The van der Waals surface area contributed by atoms with E-state index in [2.05, 4.69) is 22.9 Å². The number of thiophene rings is 1. The third kappa shape index (κ3) is 3.14. The van der Waals surface area contributed by atoms with Gasteiger partial charge < -0.3 is 0 Å². The van der Waals surface area contributed by atoms with Crippen molar-refractivity contribution in [3.8, 4) is 0 Å². The molecule has 0 saturated heterocycles. The zero-order chi connectivity index (χ0) is 14.0. The number of hydrogen-bond donors (Lipinski definition) is 0. The lowest BCUT2D eigenvalue weighted by Gasteiger charge is -2.06. The zero-order valence-electron chi connectivity index (χ0n) is 10.5. The lowest BCUT2D eigenvalue weighted by atomic mass is 10.0. The molecular weight excluding hydrogens is 337 g/mol. The van der Waals surface area contributed by atoms with Crippen molar-refractivity contribution in [1.82, 2.24) is 0 Å². The average Bonchev–Trinajstić information content (AvgIpc) is 2.71. The topological polar surface area (TPSA) is 0 Å². The maximum absolute atomic E-state index is 12.7. The molecule has 0 bridgehead atoms. The van der Waals surface area contributed by atoms with Gasteiger partial charge in [0, 0.05) is 14.9 Å². The molecule has 2 aromatic rings. The summed E-state index contributed by atoms with van der Waals surface area (Å²) in [5, 5.41) is 1.89. The van der Waals surface area contributed by atoms with E-state index in [0.717, 1.165) is 34.7 Å². The SMILES string of the molecule is CCc1c(CCCBr)sc2cc(C(F)(F)F)ccc12. The first-order valence-electron chi connectivity index (χ1n) is 6.14. The largest absolute Gasteiger partial charge is 0.416 e. The molecule has 0 unspecified atom stereocenters. The van der Waals surface area contributed by atoms with Gasteiger partial charge in [0.05, 0.1) is 5.56 Å². The van der Waals surface area contributed by atoms with E-state index in [-0.39, 0.29) is 0 Å². The van der Waals surface area contributed by atoms with E-state index in [9.17, 15) is 13.2 Å². The summed E-state index contributed by atoms with van der Waals surface area (Å²) in [4.78, 5) is 1.22. The van der Waals surface area contributed by atoms with E-state index in [0.29, 0.717) is 0 Å². The van der Waals surface area contributed by atoms with Crippen LogP contribution in [-0.4, -0.2) is 5.33 Å². The van der Waals surface area contributed by atoms with Gasteiger partial charge in [-0.15, -0.1) is 11.3 Å². The molecule has 0 radical (unpaired) electrons. The monoisotopic (exact) mass is 350 g/mol. The summed E-state index contributed by atoms with van der Waals surface area (Å²) in [6.45, 7) is 2.05. The molecule has 0 atom stereocenters. The second-order valence-corrected chi connectivity index (χ2v) is 6.29. The van der Waals surface area contributed by atoms with Crippen molar-refractivity contribution in [2.45, 2.75) is 32.4 Å². The van der Waals surface area contributed by atoms with E-state index in [1.165, 1.54) is 33.9 Å². The van der Waals surface area contributed by atoms with E-state index in [4.69, 9.17) is 0 Å². The Kier molecular flexibility index (Phi) is 4.56. The van der Waals surface area contributed by atoms with Crippen LogP contribution in [0.4, 0.5) is 13.2 Å². The fraction of sp³-hybridized carbons (Fsp3) is 0.429. The molecule has 2 rings (SSSR count). The van der Waals surface area contributed by atoms with Crippen LogP contribution in [0, 0.1) is 0 Å². The van der Waals surface area contributed by atoms with Crippen LogP contribution < -0.4 is 0 Å². The summed E-state index contributed by atoms with van der Waals surface area (Å²) in [5.41, 5.74) is 0.644. The van der Waals surface area contributed by atoms with Crippen molar-refractivity contribution >= 4 is 37.4 Å². The van der Waals surface area contributed by atoms with Gasteiger partial charge in [-0.25, -0.2) is 0 Å². The van der Waals surface area contributed by atoms with E-state index >= 15 is 0 Å². The Morgan fingerprint density at radius 3 is 2.58 bits per heavy atom. The number of aryl methyl sites for hydroxylation is 2. The van der Waals surface area contributed by atoms with E-state index < -0.39 is 11.7 Å². The highest BCUT2D eigenvalue weighted by molar-refractivity contribution is 9.09. The highest BCUT2D eigenvalue weighted by Gasteiger charge is 2.30. The van der Waals surface area contributed by atoms with Crippen molar-refractivity contribution in [2.24, 2.45) is 0 Å². The van der Waals surface area contributed by atoms with E-state index in [1.807, 2.05) is 0 Å². The number of alkyl halides is 4. The minimum Gasteiger partial charge on any atom is -0.166 e. The molecule has 1 aromatic heterocycles. The second kappa shape index (κ2) is 5.83. The molecule has 0 N–H and O–H groups in total. The van der Waals surface area contributed by atoms with Crippen LogP contribution in [-0.2, 0) is 19.0 Å². The molecule has 5 heteroatoms. The van der Waals surface area contributed by atoms with Gasteiger partial charge in [-0.3, -0.25) is 0 Å². The van der Waals surface area contributed by atoms with Gasteiger partial charge >= 0.3 is 6.18 Å². The maximum atomic E-state index is 12.7. The first-order chi connectivity index (χ1) is 8.97. The second-order valence-electron chi connectivity index (χ2n) is 4.36. The average molecular weight is 351 g/mol. The summed E-state index contributed by atoms with van der Waals surface area (Å²) < 4.78 is 38.9. The molecule has 0 aliphatic heterocycles. The van der Waals surface area contributed by atoms with Crippen LogP contribution in [0.1, 0.15) is 29.3 Å². The van der Waals surface area contributed by atoms with Gasteiger partial charge in [-0.2, -0.15) is 13.2 Å². The molecule has 0 saturated carbocycles. The summed E-state index contributed by atoms with van der Waals surface area (Å²) >= 11 is 4.89. The highest BCUT2D eigenvalue weighted by Crippen LogP contribution is 2.37. The maximum Gasteiger partial charge on any atom is 0.416 e. The third-order valence-corrected chi connectivity index (χ3v) is 4.91. The molecule has 104 valence electrons. The fourth-order valence-corrected chi connectivity index (χ4v) is 3.85. The minimum absolute atomic E-state index is 0.559. The molecule has 0 spiro atoms. The quantitative estimate of drug-likeness (QED) is 0.610. The third-order valence-electron chi connectivity index (χ3n) is 3.09. The molecule has 1 heterocycles. The number of benzene rings is 1. The Morgan fingerprint density at radius 1 is 1.26 bits per heavy atom. The molecule has 0 fully saturated rings. The molecule has 0 amide bonds. The molecule has 19 heavy (non-hydrogen) atoms. The number of rotatable bonds is 4. The van der Waals surface area contributed by atoms with Crippen LogP contribution in [0.25, 0.3) is 10.1 Å². The smallest absolute Gasteiger partial charge is 0.166 e. The Bertz CT molecular complexity index is 572. The molecule has 0 aliphatic carbocycles. The van der Waals surface area contributed by atoms with Crippen molar-refractivity contribution in [3.05, 3.63) is 34.2 Å². The predicted octanol–water partition coefficient (Wildman–Crippen LogP) is 5.81. The number of halogens is 4. The van der Waals surface area contributed by atoms with Crippen molar-refractivity contribution in [2.75, 3.05) is 5.33 Å². The highest BCUT2D eigenvalue weighted by atomic mass is 79.9. The van der Waals surface area contributed by atoms with E-state index in [1.54, 1.807) is 6.07 Å². The van der Waals surface area contributed by atoms with Crippen LogP contribution in [0.15, 0.2) is 18.2 Å². The first-order valence-corrected chi connectivity index (χ1v) is 8.08. The number of fused-ring (bicyclic) bond motifs is 1. The van der Waals surface area contributed by atoms with Gasteiger partial charge in [0.1, 0.15) is 0 Å². The van der Waals surface area contributed by atoms with Crippen LogP contribution in [0.3, 0.4) is 0 Å². The number of hydrogen-bond acceptors (Lipinski definition) is 1. The summed E-state index contributed by atoms with van der Waals surface area (Å²) in [7, 11) is 0. The molecule has 0 aliphatic rings. The lowest BCUT2D eigenvalue weighted by Crippen LogP contribution is -2.03. The standard InChI is InChI=1S/C14H14BrF3S/c1-2-10-11-6-5-9(14(16,17)18)8-13(11)19-12(10)4-3-7-15/h5-6,8H,2-4,7H2,1H3. The predicted molar refractivity (Wildman–Crippen MR) is 78.3 cm³/mol. The van der Waals surface area contributed by atoms with Crippen molar-refractivity contribution in [1.29, 1.82) is 0 Å². The van der Waals surface area contributed by atoms with Crippen LogP contribution in [0.5, 0.6) is 0 Å². The normalized spacial score (nSPS) is 12.3. The van der Waals surface area contributed by atoms with Gasteiger partial charge in [0.2, 0.25) is 0 Å². The van der Waals surface area contributed by atoms with Crippen LogP contribution in [0.2, 0.25) is 0 Å². The van der Waals surface area contributed by atoms with Gasteiger partial charge in [0.15, 0.2) is 0 Å². The van der Waals surface area contributed by atoms with Crippen molar-refractivity contribution < 1.29 is 13.2 Å². The van der Waals surface area contributed by atoms with Gasteiger partial charge in [-0.05, 0) is 42.3 Å².